The van der Waals surface area contributed by atoms with Crippen LogP contribution in [0.4, 0.5) is 0 Å². The summed E-state index contributed by atoms with van der Waals surface area (Å²) < 4.78 is 15.7. The molecule has 0 bridgehead atoms. The number of hydrogen-bond acceptors (Lipinski definition) is 5. The first-order valence-electron chi connectivity index (χ1n) is 7.36. The number of rotatable bonds is 6. The van der Waals surface area contributed by atoms with Crippen LogP contribution in [0.2, 0.25) is 10.0 Å². The van der Waals surface area contributed by atoms with E-state index in [-0.39, 0.29) is 13.2 Å². The van der Waals surface area contributed by atoms with Crippen molar-refractivity contribution in [2.24, 2.45) is 0 Å². The van der Waals surface area contributed by atoms with Crippen molar-refractivity contribution in [1.29, 1.82) is 0 Å². The smallest absolute Gasteiger partial charge is 0.344 e. The Labute approximate surface area is 154 Å². The summed E-state index contributed by atoms with van der Waals surface area (Å²) in [6.07, 6.45) is 0. The number of ether oxygens (including phenoxy) is 2. The number of esters is 1. The molecule has 0 aliphatic carbocycles. The Bertz CT molecular complexity index is 865. The van der Waals surface area contributed by atoms with Gasteiger partial charge in [0.15, 0.2) is 12.4 Å². The molecule has 3 aromatic rings. The van der Waals surface area contributed by atoms with E-state index < -0.39 is 5.97 Å². The summed E-state index contributed by atoms with van der Waals surface area (Å²) in [7, 11) is 0. The van der Waals surface area contributed by atoms with E-state index in [1.54, 1.807) is 18.2 Å². The van der Waals surface area contributed by atoms with Gasteiger partial charge in [-0.3, -0.25) is 0 Å². The Morgan fingerprint density at radius 2 is 1.88 bits per heavy atom. The Morgan fingerprint density at radius 1 is 1.08 bits per heavy atom. The predicted octanol–water partition coefficient (Wildman–Crippen LogP) is 4.77. The number of carbonyl (C=O) groups is 1. The molecule has 2 aromatic carbocycles. The molecule has 1 aromatic heterocycles. The Balaban J connectivity index is 1.50. The molecule has 0 fully saturated rings. The molecule has 1 heterocycles. The molecule has 0 radical (unpaired) electrons. The van der Waals surface area contributed by atoms with Gasteiger partial charge >= 0.3 is 5.97 Å². The van der Waals surface area contributed by atoms with Crippen LogP contribution < -0.4 is 4.74 Å². The molecule has 25 heavy (non-hydrogen) atoms. The van der Waals surface area contributed by atoms with E-state index in [0.29, 0.717) is 27.2 Å². The monoisotopic (exact) mass is 377 g/mol. The highest BCUT2D eigenvalue weighted by Crippen LogP contribution is 2.27. The maximum Gasteiger partial charge on any atom is 0.344 e. The van der Waals surface area contributed by atoms with Gasteiger partial charge in [0.2, 0.25) is 0 Å². The van der Waals surface area contributed by atoms with Crippen molar-refractivity contribution in [2.75, 3.05) is 6.61 Å². The molecule has 0 atom stereocenters. The van der Waals surface area contributed by atoms with E-state index in [9.17, 15) is 4.79 Å². The first-order chi connectivity index (χ1) is 12.1. The molecule has 0 amide bonds. The predicted molar refractivity (Wildman–Crippen MR) is 93.7 cm³/mol. The van der Waals surface area contributed by atoms with Crippen LogP contribution >= 0.6 is 23.2 Å². The lowest BCUT2D eigenvalue weighted by atomic mass is 10.2. The molecule has 0 saturated heterocycles. The van der Waals surface area contributed by atoms with Crippen LogP contribution in [0.3, 0.4) is 0 Å². The van der Waals surface area contributed by atoms with Gasteiger partial charge < -0.3 is 14.0 Å². The van der Waals surface area contributed by atoms with Crippen LogP contribution in [0.25, 0.3) is 11.3 Å². The molecule has 7 heteroatoms. The van der Waals surface area contributed by atoms with E-state index in [4.69, 9.17) is 37.2 Å². The van der Waals surface area contributed by atoms with Gasteiger partial charge in [0, 0.05) is 16.7 Å². The summed E-state index contributed by atoms with van der Waals surface area (Å²) in [5, 5.41) is 4.69. The fourth-order valence-electron chi connectivity index (χ4n) is 2.04. The number of halogens is 2. The van der Waals surface area contributed by atoms with Crippen LogP contribution in [0.15, 0.2) is 59.1 Å². The molecule has 0 unspecified atom stereocenters. The van der Waals surface area contributed by atoms with E-state index in [1.807, 2.05) is 30.3 Å². The van der Waals surface area contributed by atoms with Gasteiger partial charge in [0.1, 0.15) is 18.1 Å². The molecular formula is C18H13Cl2NO4. The second-order valence-electron chi connectivity index (χ2n) is 5.07. The number of benzene rings is 2. The molecule has 0 spiro atoms. The zero-order valence-electron chi connectivity index (χ0n) is 12.9. The molecule has 3 rings (SSSR count). The first kappa shape index (κ1) is 17.3. The van der Waals surface area contributed by atoms with Crippen molar-refractivity contribution < 1.29 is 18.8 Å². The number of aromatic nitrogens is 1. The summed E-state index contributed by atoms with van der Waals surface area (Å²) in [5.74, 6) is 0.418. The van der Waals surface area contributed by atoms with E-state index in [1.165, 1.54) is 6.07 Å². The second kappa shape index (κ2) is 8.05. The van der Waals surface area contributed by atoms with Gasteiger partial charge in [-0.25, -0.2) is 4.79 Å². The summed E-state index contributed by atoms with van der Waals surface area (Å²) in [4.78, 5) is 11.8. The normalized spacial score (nSPS) is 10.5. The van der Waals surface area contributed by atoms with Gasteiger partial charge in [0.05, 0.1) is 5.02 Å². The summed E-state index contributed by atoms with van der Waals surface area (Å²) in [6.45, 7) is -0.280. The highest BCUT2D eigenvalue weighted by molar-refractivity contribution is 6.35. The largest absolute Gasteiger partial charge is 0.480 e. The van der Waals surface area contributed by atoms with Crippen molar-refractivity contribution >= 4 is 29.2 Å². The highest BCUT2D eigenvalue weighted by atomic mass is 35.5. The zero-order valence-corrected chi connectivity index (χ0v) is 14.5. The van der Waals surface area contributed by atoms with Gasteiger partial charge in [-0.1, -0.05) is 58.7 Å². The third kappa shape index (κ3) is 4.75. The van der Waals surface area contributed by atoms with Gasteiger partial charge in [-0.05, 0) is 18.2 Å². The van der Waals surface area contributed by atoms with E-state index in [0.717, 1.165) is 5.56 Å². The van der Waals surface area contributed by atoms with Crippen molar-refractivity contribution in [3.05, 3.63) is 70.3 Å². The fourth-order valence-corrected chi connectivity index (χ4v) is 2.51. The van der Waals surface area contributed by atoms with Crippen molar-refractivity contribution in [3.8, 4) is 17.1 Å². The third-order valence-corrected chi connectivity index (χ3v) is 3.77. The van der Waals surface area contributed by atoms with Gasteiger partial charge in [-0.15, -0.1) is 0 Å². The average Bonchev–Trinajstić information content (AvgIpc) is 3.09. The van der Waals surface area contributed by atoms with Crippen LogP contribution in [0, 0.1) is 0 Å². The minimum Gasteiger partial charge on any atom is -0.480 e. The van der Waals surface area contributed by atoms with Crippen molar-refractivity contribution in [3.63, 3.8) is 0 Å². The Kier molecular flexibility index (Phi) is 5.58. The summed E-state index contributed by atoms with van der Waals surface area (Å²) in [6, 6.07) is 16.0. The Morgan fingerprint density at radius 3 is 2.64 bits per heavy atom. The Hall–Kier alpha value is -2.50. The topological polar surface area (TPSA) is 61.6 Å². The standard InChI is InChI=1S/C18H13Cl2NO4/c19-13-6-7-16(15(20)8-13)23-11-18(22)24-10-14-9-17(25-21-14)12-4-2-1-3-5-12/h1-9H,10-11H2. The lowest BCUT2D eigenvalue weighted by molar-refractivity contribution is -0.147. The minimum absolute atomic E-state index is 0.00707. The molecule has 0 saturated carbocycles. The zero-order chi connectivity index (χ0) is 17.6. The molecule has 0 N–H and O–H groups in total. The van der Waals surface area contributed by atoms with Crippen molar-refractivity contribution in [1.82, 2.24) is 5.16 Å². The quantitative estimate of drug-likeness (QED) is 0.578. The fraction of sp³-hybridized carbons (Fsp3) is 0.111. The van der Waals surface area contributed by atoms with Crippen LogP contribution in [0.1, 0.15) is 5.69 Å². The highest BCUT2D eigenvalue weighted by Gasteiger charge is 2.11. The van der Waals surface area contributed by atoms with E-state index >= 15 is 0 Å². The summed E-state index contributed by atoms with van der Waals surface area (Å²) >= 11 is 11.8. The third-order valence-electron chi connectivity index (χ3n) is 3.24. The number of carbonyl (C=O) groups excluding carboxylic acids is 1. The maximum atomic E-state index is 11.8. The molecule has 0 aliphatic heterocycles. The maximum absolute atomic E-state index is 11.8. The lowest BCUT2D eigenvalue weighted by Gasteiger charge is -2.07. The average molecular weight is 378 g/mol. The van der Waals surface area contributed by atoms with Crippen molar-refractivity contribution in [2.45, 2.75) is 6.61 Å². The lowest BCUT2D eigenvalue weighted by Crippen LogP contribution is -2.15. The van der Waals surface area contributed by atoms with Crippen LogP contribution in [-0.2, 0) is 16.1 Å². The SMILES string of the molecule is O=C(COc1ccc(Cl)cc1Cl)OCc1cc(-c2ccccc2)on1. The number of nitrogens with zero attached hydrogens (tertiary/aromatic N) is 1. The van der Waals surface area contributed by atoms with Gasteiger partial charge in [-0.2, -0.15) is 0 Å². The molecule has 128 valence electrons. The summed E-state index contributed by atoms with van der Waals surface area (Å²) in [5.41, 5.74) is 1.41. The van der Waals surface area contributed by atoms with E-state index in [2.05, 4.69) is 5.16 Å². The molecular weight excluding hydrogens is 365 g/mol. The molecule has 0 aliphatic rings. The van der Waals surface area contributed by atoms with Gasteiger partial charge in [0.25, 0.3) is 0 Å². The minimum atomic E-state index is -0.546. The first-order valence-corrected chi connectivity index (χ1v) is 8.12. The van der Waals surface area contributed by atoms with Crippen LogP contribution in [-0.4, -0.2) is 17.7 Å². The van der Waals surface area contributed by atoms with Crippen LogP contribution in [0.5, 0.6) is 5.75 Å². The second-order valence-corrected chi connectivity index (χ2v) is 5.92. The molecule has 5 nitrogen and oxygen atoms in total. The number of hydrogen-bond donors (Lipinski definition) is 0.